The molecule has 0 spiro atoms. The molecule has 0 unspecified atom stereocenters. The van der Waals surface area contributed by atoms with Crippen molar-refractivity contribution in [1.82, 2.24) is 9.88 Å². The first kappa shape index (κ1) is 14.0. The Morgan fingerprint density at radius 3 is 2.74 bits per heavy atom. The lowest BCUT2D eigenvalue weighted by Crippen LogP contribution is -2.30. The van der Waals surface area contributed by atoms with Crippen LogP contribution in [0.2, 0.25) is 0 Å². The summed E-state index contributed by atoms with van der Waals surface area (Å²) in [4.78, 5) is 18.5. The van der Waals surface area contributed by atoms with E-state index in [4.69, 9.17) is 0 Å². The largest absolute Gasteiger partial charge is 0.333 e. The topological polar surface area (TPSA) is 33.2 Å². The van der Waals surface area contributed by atoms with Gasteiger partial charge in [-0.05, 0) is 59.8 Å². The van der Waals surface area contributed by atoms with E-state index >= 15 is 0 Å². The summed E-state index contributed by atoms with van der Waals surface area (Å²) in [5, 5.41) is 0. The number of carbonyl (C=O) groups excluding carboxylic acids is 1. The van der Waals surface area contributed by atoms with E-state index in [-0.39, 0.29) is 5.91 Å². The van der Waals surface area contributed by atoms with E-state index < -0.39 is 0 Å². The number of aromatic nitrogens is 1. The predicted molar refractivity (Wildman–Crippen MR) is 83.8 cm³/mol. The minimum absolute atomic E-state index is 0.0478. The summed E-state index contributed by atoms with van der Waals surface area (Å²) in [6.45, 7) is 3.19. The van der Waals surface area contributed by atoms with Crippen molar-refractivity contribution >= 4 is 28.5 Å². The van der Waals surface area contributed by atoms with Crippen molar-refractivity contribution in [1.29, 1.82) is 0 Å². The maximum absolute atomic E-state index is 12.4. The monoisotopic (exact) mass is 366 g/mol. The molecule has 0 saturated heterocycles. The lowest BCUT2D eigenvalue weighted by molar-refractivity contribution is 0.0750. The molecule has 2 aromatic rings. The fourth-order valence-corrected chi connectivity index (χ4v) is 2.36. The number of hydrogen-bond donors (Lipinski definition) is 0. The van der Waals surface area contributed by atoms with E-state index in [1.165, 1.54) is 0 Å². The zero-order valence-corrected chi connectivity index (χ0v) is 12.9. The SMILES string of the molecule is CCN(Cc1ccccn1)C(=O)c1cccc(I)c1. The molecule has 1 aromatic heterocycles. The van der Waals surface area contributed by atoms with Crippen LogP contribution in [0, 0.1) is 3.57 Å². The van der Waals surface area contributed by atoms with Crippen LogP contribution in [0.3, 0.4) is 0 Å². The van der Waals surface area contributed by atoms with Crippen LogP contribution < -0.4 is 0 Å². The van der Waals surface area contributed by atoms with Gasteiger partial charge in [0.1, 0.15) is 0 Å². The van der Waals surface area contributed by atoms with Crippen molar-refractivity contribution in [2.75, 3.05) is 6.54 Å². The molecule has 0 aliphatic carbocycles. The highest BCUT2D eigenvalue weighted by atomic mass is 127. The number of rotatable bonds is 4. The number of nitrogens with zero attached hydrogens (tertiary/aromatic N) is 2. The normalized spacial score (nSPS) is 10.2. The summed E-state index contributed by atoms with van der Waals surface area (Å²) >= 11 is 2.21. The highest BCUT2D eigenvalue weighted by Crippen LogP contribution is 2.12. The molecule has 4 heteroatoms. The van der Waals surface area contributed by atoms with Crippen LogP contribution in [0.4, 0.5) is 0 Å². The molecule has 1 heterocycles. The fourth-order valence-electron chi connectivity index (χ4n) is 1.82. The minimum atomic E-state index is 0.0478. The number of amides is 1. The molecule has 1 aromatic carbocycles. The first-order chi connectivity index (χ1) is 9.20. The lowest BCUT2D eigenvalue weighted by Gasteiger charge is -2.20. The van der Waals surface area contributed by atoms with Gasteiger partial charge in [0.2, 0.25) is 0 Å². The van der Waals surface area contributed by atoms with Crippen molar-refractivity contribution in [3.63, 3.8) is 0 Å². The Morgan fingerprint density at radius 1 is 1.26 bits per heavy atom. The van der Waals surface area contributed by atoms with Gasteiger partial charge in [0.15, 0.2) is 0 Å². The van der Waals surface area contributed by atoms with E-state index in [2.05, 4.69) is 27.6 Å². The van der Waals surface area contributed by atoms with Crippen molar-refractivity contribution in [2.45, 2.75) is 13.5 Å². The van der Waals surface area contributed by atoms with Gasteiger partial charge in [-0.2, -0.15) is 0 Å². The molecule has 0 aliphatic rings. The van der Waals surface area contributed by atoms with Crippen LogP contribution in [0.25, 0.3) is 0 Å². The van der Waals surface area contributed by atoms with Gasteiger partial charge in [0, 0.05) is 21.9 Å². The van der Waals surface area contributed by atoms with E-state index in [9.17, 15) is 4.79 Å². The molecule has 0 fully saturated rings. The summed E-state index contributed by atoms with van der Waals surface area (Å²) in [6.07, 6.45) is 1.75. The molecular weight excluding hydrogens is 351 g/mol. The number of hydrogen-bond acceptors (Lipinski definition) is 2. The zero-order chi connectivity index (χ0) is 13.7. The standard InChI is InChI=1S/C15H15IN2O/c1-2-18(11-14-8-3-4-9-17-14)15(19)12-6-5-7-13(16)10-12/h3-10H,2,11H2,1H3. The van der Waals surface area contributed by atoms with Crippen LogP contribution in [-0.4, -0.2) is 22.3 Å². The molecule has 2 rings (SSSR count). The second kappa shape index (κ2) is 6.65. The van der Waals surface area contributed by atoms with Gasteiger partial charge in [-0.3, -0.25) is 9.78 Å². The Morgan fingerprint density at radius 2 is 2.11 bits per heavy atom. The first-order valence-corrected chi connectivity index (χ1v) is 7.23. The van der Waals surface area contributed by atoms with Crippen molar-refractivity contribution in [2.24, 2.45) is 0 Å². The van der Waals surface area contributed by atoms with E-state index in [0.29, 0.717) is 13.1 Å². The molecule has 0 atom stereocenters. The number of carbonyl (C=O) groups is 1. The second-order valence-electron chi connectivity index (χ2n) is 4.15. The van der Waals surface area contributed by atoms with Gasteiger partial charge < -0.3 is 4.90 Å². The van der Waals surface area contributed by atoms with Gasteiger partial charge in [-0.1, -0.05) is 12.1 Å². The quantitative estimate of drug-likeness (QED) is 0.778. The van der Waals surface area contributed by atoms with E-state index in [1.807, 2.05) is 49.4 Å². The zero-order valence-electron chi connectivity index (χ0n) is 10.7. The molecular formula is C15H15IN2O. The van der Waals surface area contributed by atoms with Crippen LogP contribution in [-0.2, 0) is 6.54 Å². The van der Waals surface area contributed by atoms with Crippen molar-refractivity contribution in [3.05, 3.63) is 63.5 Å². The highest BCUT2D eigenvalue weighted by molar-refractivity contribution is 14.1. The van der Waals surface area contributed by atoms with E-state index in [1.54, 1.807) is 11.1 Å². The molecule has 98 valence electrons. The van der Waals surface area contributed by atoms with Gasteiger partial charge in [-0.25, -0.2) is 0 Å². The molecule has 19 heavy (non-hydrogen) atoms. The molecule has 0 N–H and O–H groups in total. The average molecular weight is 366 g/mol. The molecule has 0 radical (unpaired) electrons. The first-order valence-electron chi connectivity index (χ1n) is 6.15. The molecule has 3 nitrogen and oxygen atoms in total. The Balaban J connectivity index is 2.16. The van der Waals surface area contributed by atoms with E-state index in [0.717, 1.165) is 14.8 Å². The summed E-state index contributed by atoms with van der Waals surface area (Å²) < 4.78 is 1.07. The van der Waals surface area contributed by atoms with Crippen LogP contribution >= 0.6 is 22.6 Å². The maximum atomic E-state index is 12.4. The Labute approximate surface area is 126 Å². The number of halogens is 1. The number of pyridine rings is 1. The molecule has 0 bridgehead atoms. The average Bonchev–Trinajstić information content (AvgIpc) is 2.45. The van der Waals surface area contributed by atoms with Crippen LogP contribution in [0.15, 0.2) is 48.7 Å². The Hall–Kier alpha value is -1.43. The van der Waals surface area contributed by atoms with Crippen LogP contribution in [0.1, 0.15) is 23.0 Å². The Kier molecular flexibility index (Phi) is 4.90. The van der Waals surface area contributed by atoms with Gasteiger partial charge in [-0.15, -0.1) is 0 Å². The third kappa shape index (κ3) is 3.76. The minimum Gasteiger partial charge on any atom is -0.333 e. The fraction of sp³-hybridized carbons (Fsp3) is 0.200. The third-order valence-corrected chi connectivity index (χ3v) is 3.49. The summed E-state index contributed by atoms with van der Waals surface area (Å²) in [5.74, 6) is 0.0478. The third-order valence-electron chi connectivity index (χ3n) is 2.82. The lowest BCUT2D eigenvalue weighted by atomic mass is 10.2. The van der Waals surface area contributed by atoms with Crippen molar-refractivity contribution in [3.8, 4) is 0 Å². The summed E-state index contributed by atoms with van der Waals surface area (Å²) in [7, 11) is 0. The second-order valence-corrected chi connectivity index (χ2v) is 5.40. The number of benzene rings is 1. The Bertz CT molecular complexity index is 557. The predicted octanol–water partition coefficient (Wildman–Crippen LogP) is 3.35. The molecule has 0 aliphatic heterocycles. The summed E-state index contributed by atoms with van der Waals surface area (Å²) in [6, 6.07) is 13.4. The van der Waals surface area contributed by atoms with Gasteiger partial charge in [0.25, 0.3) is 5.91 Å². The van der Waals surface area contributed by atoms with Gasteiger partial charge in [0.05, 0.1) is 12.2 Å². The molecule has 0 saturated carbocycles. The van der Waals surface area contributed by atoms with Crippen molar-refractivity contribution < 1.29 is 4.79 Å². The smallest absolute Gasteiger partial charge is 0.254 e. The highest BCUT2D eigenvalue weighted by Gasteiger charge is 2.14. The summed E-state index contributed by atoms with van der Waals surface area (Å²) in [5.41, 5.74) is 1.63. The van der Waals surface area contributed by atoms with Gasteiger partial charge >= 0.3 is 0 Å². The van der Waals surface area contributed by atoms with Crippen LogP contribution in [0.5, 0.6) is 0 Å². The molecule has 1 amide bonds. The maximum Gasteiger partial charge on any atom is 0.254 e.